The van der Waals surface area contributed by atoms with Crippen LogP contribution in [0.4, 0.5) is 0 Å². The van der Waals surface area contributed by atoms with E-state index in [0.717, 1.165) is 13.1 Å². The van der Waals surface area contributed by atoms with Gasteiger partial charge in [0.15, 0.2) is 14.9 Å². The molecule has 1 atom stereocenters. The fraction of sp³-hybridized carbons (Fsp3) is 0.667. The highest BCUT2D eigenvalue weighted by Crippen LogP contribution is 2.08. The summed E-state index contributed by atoms with van der Waals surface area (Å²) in [6.07, 6.45) is 1.64. The molecule has 1 aliphatic heterocycles. The van der Waals surface area contributed by atoms with Crippen LogP contribution in [-0.2, 0) is 9.84 Å². The molecule has 0 fully saturated rings. The molecule has 0 saturated heterocycles. The van der Waals surface area contributed by atoms with Crippen LogP contribution in [0.3, 0.4) is 0 Å². The number of rotatable bonds is 3. The highest BCUT2D eigenvalue weighted by molar-refractivity contribution is 7.94. The van der Waals surface area contributed by atoms with Crippen LogP contribution < -0.4 is 5.32 Å². The van der Waals surface area contributed by atoms with Gasteiger partial charge in [0.05, 0.1) is 11.8 Å². The normalized spacial score (nSPS) is 22.7. The minimum atomic E-state index is -3.00. The van der Waals surface area contributed by atoms with Crippen molar-refractivity contribution in [2.24, 2.45) is 0 Å². The minimum absolute atomic E-state index is 0.106. The van der Waals surface area contributed by atoms with E-state index in [-0.39, 0.29) is 11.8 Å². The molecule has 15 heavy (non-hydrogen) atoms. The smallest absolute Gasteiger partial charge is 0.173 e. The fourth-order valence-corrected chi connectivity index (χ4v) is 3.07. The van der Waals surface area contributed by atoms with Crippen LogP contribution in [0.1, 0.15) is 13.8 Å². The summed E-state index contributed by atoms with van der Waals surface area (Å²) in [6.45, 7) is 5.68. The Bertz CT molecular complexity index is 358. The Kier molecular flexibility index (Phi) is 4.10. The summed E-state index contributed by atoms with van der Waals surface area (Å²) < 4.78 is 22.3. The first-order valence-corrected chi connectivity index (χ1v) is 7.07. The summed E-state index contributed by atoms with van der Waals surface area (Å²) in [5.74, 6) is 0.106. The minimum Gasteiger partial charge on any atom is -0.355 e. The first-order chi connectivity index (χ1) is 6.98. The van der Waals surface area contributed by atoms with Gasteiger partial charge in [0, 0.05) is 18.5 Å². The van der Waals surface area contributed by atoms with E-state index in [4.69, 9.17) is 12.2 Å². The molecule has 86 valence electrons. The lowest BCUT2D eigenvalue weighted by molar-refractivity contribution is 0.453. The van der Waals surface area contributed by atoms with Crippen molar-refractivity contribution >= 4 is 27.2 Å². The lowest BCUT2D eigenvalue weighted by atomic mass is 10.3. The molecular formula is C9H16N2O2S2. The molecule has 0 spiro atoms. The first-order valence-electron chi connectivity index (χ1n) is 4.95. The maximum Gasteiger partial charge on any atom is 0.173 e. The topological polar surface area (TPSA) is 49.4 Å². The van der Waals surface area contributed by atoms with Gasteiger partial charge in [0.25, 0.3) is 0 Å². The molecule has 0 bridgehead atoms. The van der Waals surface area contributed by atoms with E-state index in [1.165, 1.54) is 5.41 Å². The zero-order valence-corrected chi connectivity index (χ0v) is 10.6. The highest BCUT2D eigenvalue weighted by Gasteiger charge is 2.22. The average molecular weight is 248 g/mol. The summed E-state index contributed by atoms with van der Waals surface area (Å²) in [4.78, 5) is 1.98. The number of sulfone groups is 1. The fourth-order valence-electron chi connectivity index (χ4n) is 1.43. The van der Waals surface area contributed by atoms with Gasteiger partial charge in [0.2, 0.25) is 0 Å². The van der Waals surface area contributed by atoms with Gasteiger partial charge in [-0.2, -0.15) is 0 Å². The van der Waals surface area contributed by atoms with Crippen LogP contribution in [-0.4, -0.2) is 43.3 Å². The summed E-state index contributed by atoms with van der Waals surface area (Å²) in [5, 5.41) is 4.89. The number of thiocarbonyl (C=S) groups is 1. The quantitative estimate of drug-likeness (QED) is 0.738. The predicted octanol–water partition coefficient (Wildman–Crippen LogP) is 0.513. The van der Waals surface area contributed by atoms with Gasteiger partial charge in [0.1, 0.15) is 0 Å². The molecule has 1 rings (SSSR count). The van der Waals surface area contributed by atoms with Crippen molar-refractivity contribution in [3.05, 3.63) is 11.5 Å². The Morgan fingerprint density at radius 3 is 2.53 bits per heavy atom. The summed E-state index contributed by atoms with van der Waals surface area (Å²) >= 11 is 5.17. The lowest BCUT2D eigenvalue weighted by Gasteiger charge is -2.24. The zero-order valence-electron chi connectivity index (χ0n) is 8.93. The maximum absolute atomic E-state index is 11.1. The van der Waals surface area contributed by atoms with Crippen molar-refractivity contribution < 1.29 is 8.42 Å². The third-order valence-electron chi connectivity index (χ3n) is 2.29. The van der Waals surface area contributed by atoms with Crippen LogP contribution in [0.5, 0.6) is 0 Å². The van der Waals surface area contributed by atoms with Gasteiger partial charge >= 0.3 is 0 Å². The van der Waals surface area contributed by atoms with Crippen molar-refractivity contribution in [1.82, 2.24) is 10.2 Å². The van der Waals surface area contributed by atoms with E-state index in [2.05, 4.69) is 5.32 Å². The van der Waals surface area contributed by atoms with Crippen molar-refractivity contribution in [2.75, 3.05) is 18.8 Å². The van der Waals surface area contributed by atoms with E-state index >= 15 is 0 Å². The molecule has 0 aromatic heterocycles. The number of hydrogen-bond acceptors (Lipinski definition) is 3. The number of nitrogens with one attached hydrogen (secondary N) is 1. The van der Waals surface area contributed by atoms with Crippen molar-refractivity contribution in [3.8, 4) is 0 Å². The molecule has 0 aliphatic carbocycles. The Morgan fingerprint density at radius 1 is 1.53 bits per heavy atom. The largest absolute Gasteiger partial charge is 0.355 e. The van der Waals surface area contributed by atoms with E-state index in [1.54, 1.807) is 6.08 Å². The molecule has 0 saturated carbocycles. The Morgan fingerprint density at radius 2 is 2.13 bits per heavy atom. The van der Waals surface area contributed by atoms with Gasteiger partial charge < -0.3 is 10.2 Å². The molecule has 1 heterocycles. The van der Waals surface area contributed by atoms with Gasteiger partial charge in [-0.3, -0.25) is 0 Å². The van der Waals surface area contributed by atoms with E-state index in [0.29, 0.717) is 5.11 Å². The third-order valence-corrected chi connectivity index (χ3v) is 4.06. The van der Waals surface area contributed by atoms with Crippen molar-refractivity contribution in [1.29, 1.82) is 0 Å². The van der Waals surface area contributed by atoms with Crippen molar-refractivity contribution in [2.45, 2.75) is 19.9 Å². The molecule has 0 radical (unpaired) electrons. The molecule has 0 unspecified atom stereocenters. The monoisotopic (exact) mass is 248 g/mol. The first kappa shape index (κ1) is 12.4. The molecule has 1 N–H and O–H groups in total. The second-order valence-corrected chi connectivity index (χ2v) is 5.70. The van der Waals surface area contributed by atoms with E-state index in [9.17, 15) is 8.42 Å². The maximum atomic E-state index is 11.1. The highest BCUT2D eigenvalue weighted by atomic mass is 32.2. The number of nitrogens with zero attached hydrogens (tertiary/aromatic N) is 1. The molecule has 1 aliphatic rings. The zero-order chi connectivity index (χ0) is 11.5. The summed E-state index contributed by atoms with van der Waals surface area (Å²) in [6, 6.07) is -0.178. The van der Waals surface area contributed by atoms with Gasteiger partial charge in [-0.05, 0) is 32.1 Å². The molecule has 0 amide bonds. The van der Waals surface area contributed by atoms with Crippen LogP contribution in [0, 0.1) is 0 Å². The molecular weight excluding hydrogens is 232 g/mol. The Balaban J connectivity index is 2.51. The lowest BCUT2D eigenvalue weighted by Crippen LogP contribution is -2.44. The summed E-state index contributed by atoms with van der Waals surface area (Å²) in [5.41, 5.74) is 0. The van der Waals surface area contributed by atoms with Gasteiger partial charge in [-0.25, -0.2) is 8.42 Å². The average Bonchev–Trinajstić information content (AvgIpc) is 2.47. The Labute approximate surface area is 96.3 Å². The van der Waals surface area contributed by atoms with Crippen LogP contribution in [0.25, 0.3) is 0 Å². The summed E-state index contributed by atoms with van der Waals surface area (Å²) in [7, 11) is -3.00. The molecule has 0 aromatic carbocycles. The molecule has 0 aromatic rings. The second kappa shape index (κ2) is 4.94. The van der Waals surface area contributed by atoms with Crippen LogP contribution in [0.2, 0.25) is 0 Å². The van der Waals surface area contributed by atoms with E-state index in [1.807, 2.05) is 18.7 Å². The van der Waals surface area contributed by atoms with E-state index < -0.39 is 9.84 Å². The standard InChI is InChI=1S/C9H16N2O2S2/c1-3-11(4-2)9(14)10-8-5-6-15(12,13)7-8/h5-6,8H,3-4,7H2,1-2H3,(H,10,14)/t8-/m1/s1. The number of hydrogen-bond donors (Lipinski definition) is 1. The van der Waals surface area contributed by atoms with Crippen molar-refractivity contribution in [3.63, 3.8) is 0 Å². The molecule has 6 heteroatoms. The predicted molar refractivity (Wildman–Crippen MR) is 65.4 cm³/mol. The Hall–Kier alpha value is -0.620. The SMILES string of the molecule is CCN(CC)C(=S)N[C@@H]1C=CS(=O)(=O)C1. The van der Waals surface area contributed by atoms with Gasteiger partial charge in [-0.15, -0.1) is 0 Å². The molecule has 4 nitrogen and oxygen atoms in total. The van der Waals surface area contributed by atoms with Crippen LogP contribution in [0.15, 0.2) is 11.5 Å². The third kappa shape index (κ3) is 3.46. The second-order valence-electron chi connectivity index (χ2n) is 3.39. The van der Waals surface area contributed by atoms with Gasteiger partial charge in [-0.1, -0.05) is 0 Å². The van der Waals surface area contributed by atoms with Crippen LogP contribution >= 0.6 is 12.2 Å².